The maximum absolute atomic E-state index is 5.66. The summed E-state index contributed by atoms with van der Waals surface area (Å²) in [5.41, 5.74) is 5.66. The summed E-state index contributed by atoms with van der Waals surface area (Å²) < 4.78 is 0. The molecule has 0 aromatic carbocycles. The quantitative estimate of drug-likeness (QED) is 0.643. The second kappa shape index (κ2) is 7.15. The van der Waals surface area contributed by atoms with E-state index < -0.39 is 0 Å². The number of thiocarbonyl (C=S) groups is 1. The molecule has 0 bridgehead atoms. The third-order valence-electron chi connectivity index (χ3n) is 2.36. The molecule has 0 aliphatic heterocycles. The van der Waals surface area contributed by atoms with Gasteiger partial charge in [0.15, 0.2) is 0 Å². The van der Waals surface area contributed by atoms with Gasteiger partial charge in [0, 0.05) is 0 Å². The Kier molecular flexibility index (Phi) is 7.05. The van der Waals surface area contributed by atoms with Crippen molar-refractivity contribution in [1.29, 1.82) is 0 Å². The summed E-state index contributed by atoms with van der Waals surface area (Å²) in [6.45, 7) is 4.28. The van der Waals surface area contributed by atoms with Crippen LogP contribution in [0.2, 0.25) is 0 Å². The largest absolute Gasteiger partial charge is 0.392 e. The molecule has 14 heavy (non-hydrogen) atoms. The van der Waals surface area contributed by atoms with Gasteiger partial charge in [-0.05, 0) is 47.1 Å². The minimum absolute atomic E-state index is 0.257. The summed E-state index contributed by atoms with van der Waals surface area (Å²) in [6, 6.07) is 0.257. The lowest BCUT2D eigenvalue weighted by atomic mass is 10.2. The normalized spacial score (nSPS) is 13.6. The Labute approximate surface area is 93.2 Å². The van der Waals surface area contributed by atoms with E-state index in [-0.39, 0.29) is 6.04 Å². The SMILES string of the molecule is CCC(C(N)=S)N(C)CCCN(C)C. The molecule has 0 fully saturated rings. The molecule has 4 heteroatoms. The van der Waals surface area contributed by atoms with Crippen LogP contribution in [0.5, 0.6) is 0 Å². The molecule has 2 N–H and O–H groups in total. The molecule has 0 aromatic rings. The summed E-state index contributed by atoms with van der Waals surface area (Å²) in [7, 11) is 6.26. The Morgan fingerprint density at radius 3 is 2.21 bits per heavy atom. The smallest absolute Gasteiger partial charge is 0.0901 e. The second-order valence-electron chi connectivity index (χ2n) is 3.96. The summed E-state index contributed by atoms with van der Waals surface area (Å²) in [5.74, 6) is 0. The molecule has 0 amide bonds. The van der Waals surface area contributed by atoms with E-state index in [9.17, 15) is 0 Å². The topological polar surface area (TPSA) is 32.5 Å². The molecule has 0 heterocycles. The van der Waals surface area contributed by atoms with Crippen LogP contribution >= 0.6 is 12.2 Å². The van der Waals surface area contributed by atoms with Gasteiger partial charge in [-0.3, -0.25) is 4.90 Å². The molecule has 0 aromatic heterocycles. The maximum atomic E-state index is 5.66. The van der Waals surface area contributed by atoms with Crippen LogP contribution in [0.3, 0.4) is 0 Å². The lowest BCUT2D eigenvalue weighted by Gasteiger charge is -2.26. The van der Waals surface area contributed by atoms with Crippen molar-refractivity contribution in [2.24, 2.45) is 5.73 Å². The van der Waals surface area contributed by atoms with Crippen molar-refractivity contribution in [3.63, 3.8) is 0 Å². The zero-order valence-electron chi connectivity index (χ0n) is 9.79. The Morgan fingerprint density at radius 1 is 1.29 bits per heavy atom. The molecule has 0 aliphatic rings. The second-order valence-corrected chi connectivity index (χ2v) is 4.44. The molecule has 0 aliphatic carbocycles. The number of hydrogen-bond acceptors (Lipinski definition) is 3. The van der Waals surface area contributed by atoms with Crippen LogP contribution in [0.15, 0.2) is 0 Å². The van der Waals surface area contributed by atoms with Crippen molar-refractivity contribution in [3.05, 3.63) is 0 Å². The molecule has 1 unspecified atom stereocenters. The molecule has 3 nitrogen and oxygen atoms in total. The van der Waals surface area contributed by atoms with E-state index in [1.165, 1.54) is 0 Å². The molecule has 1 atom stereocenters. The van der Waals surface area contributed by atoms with Gasteiger partial charge in [-0.15, -0.1) is 0 Å². The lowest BCUT2D eigenvalue weighted by Crippen LogP contribution is -2.42. The van der Waals surface area contributed by atoms with E-state index in [1.54, 1.807) is 0 Å². The highest BCUT2D eigenvalue weighted by atomic mass is 32.1. The van der Waals surface area contributed by atoms with E-state index in [4.69, 9.17) is 18.0 Å². The van der Waals surface area contributed by atoms with Crippen molar-refractivity contribution in [2.75, 3.05) is 34.2 Å². The highest BCUT2D eigenvalue weighted by Crippen LogP contribution is 2.03. The number of hydrogen-bond donors (Lipinski definition) is 1. The maximum Gasteiger partial charge on any atom is 0.0901 e. The first-order valence-corrected chi connectivity index (χ1v) is 5.54. The number of nitrogens with two attached hydrogens (primary N) is 1. The molecule has 0 saturated carbocycles. The summed E-state index contributed by atoms with van der Waals surface area (Å²) in [4.78, 5) is 5.04. The van der Waals surface area contributed by atoms with Gasteiger partial charge < -0.3 is 10.6 Å². The number of nitrogens with zero attached hydrogens (tertiary/aromatic N) is 2. The van der Waals surface area contributed by atoms with E-state index in [2.05, 4.69) is 37.9 Å². The van der Waals surface area contributed by atoms with Gasteiger partial charge in [-0.1, -0.05) is 19.1 Å². The van der Waals surface area contributed by atoms with E-state index in [1.807, 2.05) is 0 Å². The first-order chi connectivity index (χ1) is 6.49. The van der Waals surface area contributed by atoms with Gasteiger partial charge in [0.2, 0.25) is 0 Å². The standard InChI is InChI=1S/C10H23N3S/c1-5-9(10(11)14)13(4)8-6-7-12(2)3/h9H,5-8H2,1-4H3,(H2,11,14). The Balaban J connectivity index is 3.81. The molecular weight excluding hydrogens is 194 g/mol. The zero-order chi connectivity index (χ0) is 11.1. The first-order valence-electron chi connectivity index (χ1n) is 5.13. The van der Waals surface area contributed by atoms with E-state index in [0.29, 0.717) is 4.99 Å². The average molecular weight is 217 g/mol. The molecular formula is C10H23N3S. The number of rotatable bonds is 7. The Morgan fingerprint density at radius 2 is 1.86 bits per heavy atom. The molecule has 0 saturated heterocycles. The highest BCUT2D eigenvalue weighted by molar-refractivity contribution is 7.80. The van der Waals surface area contributed by atoms with Crippen LogP contribution in [-0.4, -0.2) is 55.1 Å². The fraction of sp³-hybridized carbons (Fsp3) is 0.900. The predicted octanol–water partition coefficient (Wildman–Crippen LogP) is 0.935. The van der Waals surface area contributed by atoms with Crippen LogP contribution in [0.25, 0.3) is 0 Å². The summed E-state index contributed by atoms with van der Waals surface area (Å²) in [5, 5.41) is 0. The van der Waals surface area contributed by atoms with Crippen LogP contribution in [-0.2, 0) is 0 Å². The third kappa shape index (κ3) is 5.52. The monoisotopic (exact) mass is 217 g/mol. The number of likely N-dealkylation sites (N-methyl/N-ethyl adjacent to an activating group) is 1. The van der Waals surface area contributed by atoms with Crippen molar-refractivity contribution < 1.29 is 0 Å². The lowest BCUT2D eigenvalue weighted by molar-refractivity contribution is 0.269. The van der Waals surface area contributed by atoms with Crippen molar-refractivity contribution in [2.45, 2.75) is 25.8 Å². The van der Waals surface area contributed by atoms with Crippen LogP contribution in [0.4, 0.5) is 0 Å². The van der Waals surface area contributed by atoms with Gasteiger partial charge in [0.25, 0.3) is 0 Å². The molecule has 84 valence electrons. The van der Waals surface area contributed by atoms with Crippen LogP contribution in [0, 0.1) is 0 Å². The van der Waals surface area contributed by atoms with Gasteiger partial charge in [0.1, 0.15) is 0 Å². The third-order valence-corrected chi connectivity index (χ3v) is 2.64. The predicted molar refractivity (Wildman–Crippen MR) is 66.7 cm³/mol. The fourth-order valence-corrected chi connectivity index (χ4v) is 1.87. The van der Waals surface area contributed by atoms with Gasteiger partial charge >= 0.3 is 0 Å². The first kappa shape index (κ1) is 13.8. The fourth-order valence-electron chi connectivity index (χ4n) is 1.52. The van der Waals surface area contributed by atoms with Crippen LogP contribution < -0.4 is 5.73 Å². The van der Waals surface area contributed by atoms with Crippen molar-refractivity contribution in [1.82, 2.24) is 9.80 Å². The summed E-state index contributed by atoms with van der Waals surface area (Å²) in [6.07, 6.45) is 2.15. The Hall–Kier alpha value is -0.190. The minimum Gasteiger partial charge on any atom is -0.392 e. The van der Waals surface area contributed by atoms with Crippen LogP contribution in [0.1, 0.15) is 19.8 Å². The van der Waals surface area contributed by atoms with Gasteiger partial charge in [-0.25, -0.2) is 0 Å². The van der Waals surface area contributed by atoms with E-state index >= 15 is 0 Å². The molecule has 0 rings (SSSR count). The van der Waals surface area contributed by atoms with Crippen molar-refractivity contribution in [3.8, 4) is 0 Å². The molecule has 0 radical (unpaired) electrons. The Bertz CT molecular complexity index is 171. The zero-order valence-corrected chi connectivity index (χ0v) is 10.6. The highest BCUT2D eigenvalue weighted by Gasteiger charge is 2.14. The average Bonchev–Trinajstić information content (AvgIpc) is 2.03. The van der Waals surface area contributed by atoms with Gasteiger partial charge in [0.05, 0.1) is 11.0 Å². The summed E-state index contributed by atoms with van der Waals surface area (Å²) >= 11 is 5.02. The molecule has 0 spiro atoms. The van der Waals surface area contributed by atoms with Gasteiger partial charge in [-0.2, -0.15) is 0 Å². The van der Waals surface area contributed by atoms with E-state index in [0.717, 1.165) is 25.9 Å². The minimum atomic E-state index is 0.257. The van der Waals surface area contributed by atoms with Crippen molar-refractivity contribution >= 4 is 17.2 Å².